The van der Waals surface area contributed by atoms with Crippen molar-refractivity contribution in [3.8, 4) is 0 Å². The van der Waals surface area contributed by atoms with Crippen molar-refractivity contribution < 1.29 is 9.84 Å². The first-order chi connectivity index (χ1) is 11.5. The molecule has 3 rings (SSSR count). The number of rotatable bonds is 2. The first kappa shape index (κ1) is 17.1. The van der Waals surface area contributed by atoms with E-state index in [1.54, 1.807) is 6.07 Å². The Bertz CT molecular complexity index is 965. The summed E-state index contributed by atoms with van der Waals surface area (Å²) in [6, 6.07) is 1.46. The molecule has 1 aromatic heterocycles. The third-order valence-electron chi connectivity index (χ3n) is 4.27. The molecule has 1 N–H and O–H groups in total. The molecule has 1 fully saturated rings. The molecule has 0 saturated carbocycles. The number of fused-ring (bicyclic) bond motifs is 1. The van der Waals surface area contributed by atoms with E-state index in [0.29, 0.717) is 29.1 Å². The topological polar surface area (TPSA) is 64.3 Å². The molecular weight excluding hydrogens is 372 g/mol. The lowest BCUT2D eigenvalue weighted by Gasteiger charge is -2.29. The van der Waals surface area contributed by atoms with Gasteiger partial charge in [-0.05, 0) is 24.6 Å². The second kappa shape index (κ2) is 7.01. The van der Waals surface area contributed by atoms with Gasteiger partial charge in [0.1, 0.15) is 0 Å². The van der Waals surface area contributed by atoms with Gasteiger partial charge >= 0.3 is 0 Å². The van der Waals surface area contributed by atoms with Gasteiger partial charge in [-0.3, -0.25) is 9.36 Å². The summed E-state index contributed by atoms with van der Waals surface area (Å²) in [4.78, 5) is 17.3. The van der Waals surface area contributed by atoms with Crippen molar-refractivity contribution in [3.05, 3.63) is 49.8 Å². The molecule has 1 aliphatic rings. The number of ether oxygens (including phenoxy) is 1. The average Bonchev–Trinajstić information content (AvgIpc) is 2.57. The fourth-order valence-electron chi connectivity index (χ4n) is 2.97. The number of nitrogens with zero attached hydrogens (tertiary/aromatic N) is 2. The molecule has 2 heterocycles. The number of hydrogen-bond donors (Lipinski definition) is 1. The number of allylic oxidation sites excluding steroid dienone is 2. The maximum Gasteiger partial charge on any atom is 0.261 e. The van der Waals surface area contributed by atoms with Gasteiger partial charge in [0.15, 0.2) is 0 Å². The summed E-state index contributed by atoms with van der Waals surface area (Å²) in [5, 5.41) is 12.2. The van der Waals surface area contributed by atoms with Crippen molar-refractivity contribution in [2.75, 3.05) is 13.2 Å². The van der Waals surface area contributed by atoms with E-state index in [1.165, 1.54) is 10.9 Å². The first-order valence-electron chi connectivity index (χ1n) is 7.81. The molecule has 6 heteroatoms. The standard InChI is InChI=1S/C18H19BrN2O3/c1-3-4-5-12-11(2)17-13(8-14(12)19)18(23)21(10-20-17)15-6-7-24-9-16(15)22/h3-5,8,10,15-16,22H,2,6-7,9H2,1H3/b4-3-,12-5+/t15-,16-/m0/s1. The molecule has 0 unspecified atom stereocenters. The molecule has 1 saturated heterocycles. The zero-order chi connectivity index (χ0) is 17.3. The van der Waals surface area contributed by atoms with Gasteiger partial charge in [0.2, 0.25) is 0 Å². The lowest BCUT2D eigenvalue weighted by atomic mass is 10.1. The molecule has 1 aromatic carbocycles. The molecular formula is C18H19BrN2O3. The molecule has 126 valence electrons. The number of aliphatic hydroxyl groups excluding tert-OH is 1. The molecule has 1 aliphatic heterocycles. The molecule has 0 radical (unpaired) electrons. The number of benzene rings is 1. The third kappa shape index (κ3) is 2.97. The minimum Gasteiger partial charge on any atom is -0.389 e. The molecule has 2 atom stereocenters. The summed E-state index contributed by atoms with van der Waals surface area (Å²) < 4.78 is 7.54. The highest BCUT2D eigenvalue weighted by atomic mass is 79.9. The molecule has 24 heavy (non-hydrogen) atoms. The van der Waals surface area contributed by atoms with Crippen LogP contribution in [-0.4, -0.2) is 34.0 Å². The van der Waals surface area contributed by atoms with Crippen LogP contribution in [0.2, 0.25) is 0 Å². The van der Waals surface area contributed by atoms with Crippen LogP contribution in [0.25, 0.3) is 23.6 Å². The normalized spacial score (nSPS) is 22.5. The van der Waals surface area contributed by atoms with Crippen LogP contribution < -0.4 is 16.0 Å². The van der Waals surface area contributed by atoms with Crippen LogP contribution in [0.5, 0.6) is 0 Å². The Morgan fingerprint density at radius 2 is 2.33 bits per heavy atom. The largest absolute Gasteiger partial charge is 0.389 e. The third-order valence-corrected chi connectivity index (χ3v) is 4.93. The Hall–Kier alpha value is -1.76. The highest BCUT2D eigenvalue weighted by molar-refractivity contribution is 9.10. The zero-order valence-corrected chi connectivity index (χ0v) is 15.0. The van der Waals surface area contributed by atoms with Crippen LogP contribution in [-0.2, 0) is 4.74 Å². The van der Waals surface area contributed by atoms with E-state index >= 15 is 0 Å². The minimum absolute atomic E-state index is 0.172. The predicted octanol–water partition coefficient (Wildman–Crippen LogP) is 1.25. The van der Waals surface area contributed by atoms with Gasteiger partial charge in [-0.15, -0.1) is 0 Å². The maximum atomic E-state index is 12.9. The first-order valence-corrected chi connectivity index (χ1v) is 8.61. The van der Waals surface area contributed by atoms with Gasteiger partial charge in [-0.25, -0.2) is 4.98 Å². The summed E-state index contributed by atoms with van der Waals surface area (Å²) in [6.45, 7) is 6.77. The van der Waals surface area contributed by atoms with E-state index in [0.717, 1.165) is 9.69 Å². The monoisotopic (exact) mass is 390 g/mol. The number of aliphatic hydroxyl groups is 1. The fourth-order valence-corrected chi connectivity index (χ4v) is 3.57. The van der Waals surface area contributed by atoms with Crippen LogP contribution in [0.1, 0.15) is 19.4 Å². The van der Waals surface area contributed by atoms with Crippen LogP contribution in [0.4, 0.5) is 0 Å². The number of aromatic nitrogens is 2. The highest BCUT2D eigenvalue weighted by Gasteiger charge is 2.26. The second-order valence-electron chi connectivity index (χ2n) is 5.79. The summed E-state index contributed by atoms with van der Waals surface area (Å²) in [7, 11) is 0. The predicted molar refractivity (Wildman–Crippen MR) is 98.2 cm³/mol. The Morgan fingerprint density at radius 1 is 1.54 bits per heavy atom. The average molecular weight is 391 g/mol. The Balaban J connectivity index is 2.24. The minimum atomic E-state index is -0.708. The van der Waals surface area contributed by atoms with Gasteiger partial charge in [0.25, 0.3) is 5.56 Å². The van der Waals surface area contributed by atoms with E-state index in [4.69, 9.17) is 4.74 Å². The lowest BCUT2D eigenvalue weighted by Crippen LogP contribution is -2.40. The van der Waals surface area contributed by atoms with Crippen molar-refractivity contribution in [1.82, 2.24) is 9.55 Å². The van der Waals surface area contributed by atoms with Crippen LogP contribution in [0, 0.1) is 0 Å². The van der Waals surface area contributed by atoms with E-state index in [1.807, 2.05) is 25.2 Å². The Kier molecular flexibility index (Phi) is 4.99. The molecule has 0 spiro atoms. The van der Waals surface area contributed by atoms with Gasteiger partial charge in [0.05, 0.1) is 36.0 Å². The maximum absolute atomic E-state index is 12.9. The fraction of sp³-hybridized carbons (Fsp3) is 0.333. The van der Waals surface area contributed by atoms with Crippen LogP contribution in [0.15, 0.2) is 33.8 Å². The van der Waals surface area contributed by atoms with Crippen LogP contribution >= 0.6 is 15.9 Å². The summed E-state index contributed by atoms with van der Waals surface area (Å²) >= 11 is 3.51. The number of hydrogen-bond acceptors (Lipinski definition) is 4. The van der Waals surface area contributed by atoms with Crippen molar-refractivity contribution in [3.63, 3.8) is 0 Å². The Morgan fingerprint density at radius 3 is 3.04 bits per heavy atom. The van der Waals surface area contributed by atoms with Crippen molar-refractivity contribution >= 4 is 39.5 Å². The van der Waals surface area contributed by atoms with Crippen molar-refractivity contribution in [1.29, 1.82) is 0 Å². The van der Waals surface area contributed by atoms with Crippen molar-refractivity contribution in [2.45, 2.75) is 25.5 Å². The molecule has 0 bridgehead atoms. The zero-order valence-electron chi connectivity index (χ0n) is 13.4. The SMILES string of the molecule is C=c1/c(=C\C=C/C)c(Br)cc2c(=O)n([C@H]3CCOC[C@@H]3O)cnc12. The van der Waals surface area contributed by atoms with E-state index in [-0.39, 0.29) is 18.2 Å². The molecule has 0 aliphatic carbocycles. The second-order valence-corrected chi connectivity index (χ2v) is 6.65. The number of halogens is 1. The van der Waals surface area contributed by atoms with E-state index in [9.17, 15) is 9.90 Å². The summed E-state index contributed by atoms with van der Waals surface area (Å²) in [5.74, 6) is 0. The Labute approximate surface area is 147 Å². The lowest BCUT2D eigenvalue weighted by molar-refractivity contribution is -0.0395. The van der Waals surface area contributed by atoms with Crippen LogP contribution in [0.3, 0.4) is 0 Å². The quantitative estimate of drug-likeness (QED) is 0.837. The summed E-state index contributed by atoms with van der Waals surface area (Å²) in [6.07, 6.45) is 7.15. The highest BCUT2D eigenvalue weighted by Crippen LogP contribution is 2.20. The van der Waals surface area contributed by atoms with Crippen molar-refractivity contribution in [2.24, 2.45) is 0 Å². The molecule has 0 amide bonds. The smallest absolute Gasteiger partial charge is 0.261 e. The van der Waals surface area contributed by atoms with Gasteiger partial charge in [0, 0.05) is 16.3 Å². The van der Waals surface area contributed by atoms with Gasteiger partial charge in [-0.1, -0.05) is 40.7 Å². The van der Waals surface area contributed by atoms with E-state index < -0.39 is 6.10 Å². The summed E-state index contributed by atoms with van der Waals surface area (Å²) in [5.41, 5.74) is 0.408. The van der Waals surface area contributed by atoms with Gasteiger partial charge in [-0.2, -0.15) is 0 Å². The molecule has 5 nitrogen and oxygen atoms in total. The van der Waals surface area contributed by atoms with Gasteiger partial charge < -0.3 is 9.84 Å². The van der Waals surface area contributed by atoms with E-state index in [2.05, 4.69) is 27.5 Å². The molecule has 2 aromatic rings.